The number of hydrogen-bond acceptors (Lipinski definition) is 3. The molecule has 1 saturated carbocycles. The molecule has 5 rings (SSSR count). The molecular formula is C30H28O3S. The van der Waals surface area contributed by atoms with E-state index in [2.05, 4.69) is 35.0 Å². The molecule has 1 heterocycles. The lowest BCUT2D eigenvalue weighted by molar-refractivity contribution is -0.140. The van der Waals surface area contributed by atoms with Gasteiger partial charge in [0.25, 0.3) is 0 Å². The zero-order chi connectivity index (χ0) is 23.5. The summed E-state index contributed by atoms with van der Waals surface area (Å²) in [6, 6.07) is 26.4. The van der Waals surface area contributed by atoms with E-state index in [0.29, 0.717) is 0 Å². The molecule has 2 N–H and O–H groups in total. The minimum absolute atomic E-state index is 0.417. The van der Waals surface area contributed by atoms with Crippen LogP contribution in [0.5, 0.6) is 0 Å². The zero-order valence-corrected chi connectivity index (χ0v) is 19.8. The first-order chi connectivity index (χ1) is 16.6. The molecule has 0 spiro atoms. The Hall–Kier alpha value is -3.21. The molecule has 1 aromatic heterocycles. The first-order valence-corrected chi connectivity index (χ1v) is 12.7. The van der Waals surface area contributed by atoms with Gasteiger partial charge in [0.05, 0.1) is 11.5 Å². The summed E-state index contributed by atoms with van der Waals surface area (Å²) in [5, 5.41) is 24.4. The zero-order valence-electron chi connectivity index (χ0n) is 19.0. The van der Waals surface area contributed by atoms with Gasteiger partial charge in [-0.25, -0.2) is 0 Å². The molecule has 172 valence electrons. The molecule has 0 saturated heterocycles. The average molecular weight is 469 g/mol. The van der Waals surface area contributed by atoms with Gasteiger partial charge in [0.1, 0.15) is 0 Å². The molecule has 0 radical (unpaired) electrons. The van der Waals surface area contributed by atoms with Crippen molar-refractivity contribution >= 4 is 17.3 Å². The number of carboxylic acid groups (broad SMARTS) is 1. The molecule has 34 heavy (non-hydrogen) atoms. The van der Waals surface area contributed by atoms with Gasteiger partial charge in [0.15, 0.2) is 0 Å². The van der Waals surface area contributed by atoms with Crippen LogP contribution in [0.15, 0.2) is 89.6 Å². The maximum atomic E-state index is 11.6. The van der Waals surface area contributed by atoms with Gasteiger partial charge in [0.2, 0.25) is 0 Å². The van der Waals surface area contributed by atoms with Crippen LogP contribution in [0.3, 0.4) is 0 Å². The Morgan fingerprint density at radius 3 is 2.09 bits per heavy atom. The van der Waals surface area contributed by atoms with Gasteiger partial charge >= 0.3 is 5.97 Å². The molecule has 3 nitrogen and oxygen atoms in total. The summed E-state index contributed by atoms with van der Waals surface area (Å²) in [6.45, 7) is 0. The summed E-state index contributed by atoms with van der Waals surface area (Å²) in [6.07, 6.45) is 3.66. The maximum absolute atomic E-state index is 11.6. The summed E-state index contributed by atoms with van der Waals surface area (Å²) in [7, 11) is 0. The van der Waals surface area contributed by atoms with Crippen LogP contribution in [0.2, 0.25) is 0 Å². The van der Waals surface area contributed by atoms with E-state index in [-0.39, 0.29) is 0 Å². The predicted molar refractivity (Wildman–Crippen MR) is 138 cm³/mol. The molecular weight excluding hydrogens is 440 g/mol. The van der Waals surface area contributed by atoms with Gasteiger partial charge in [-0.3, -0.25) is 4.79 Å². The highest BCUT2D eigenvalue weighted by Crippen LogP contribution is 2.48. The highest BCUT2D eigenvalue weighted by atomic mass is 32.1. The molecule has 0 amide bonds. The summed E-state index contributed by atoms with van der Waals surface area (Å²) in [4.78, 5) is 11.6. The maximum Gasteiger partial charge on any atom is 0.314 e. The average Bonchev–Trinajstić information content (AvgIpc) is 3.57. The fourth-order valence-electron chi connectivity index (χ4n) is 4.67. The fourth-order valence-corrected chi connectivity index (χ4v) is 5.57. The number of aliphatic hydroxyl groups excluding tert-OH is 1. The van der Waals surface area contributed by atoms with Crippen molar-refractivity contribution in [1.82, 2.24) is 0 Å². The minimum Gasteiger partial charge on any atom is -0.481 e. The third-order valence-electron chi connectivity index (χ3n) is 6.98. The smallest absolute Gasteiger partial charge is 0.314 e. The lowest BCUT2D eigenvalue weighted by Crippen LogP contribution is -2.19. The van der Waals surface area contributed by atoms with E-state index in [1.807, 2.05) is 54.6 Å². The van der Waals surface area contributed by atoms with Crippen molar-refractivity contribution in [2.45, 2.75) is 43.6 Å². The van der Waals surface area contributed by atoms with Gasteiger partial charge in [-0.15, -0.1) is 0 Å². The number of aryl methyl sites for hydroxylation is 1. The van der Waals surface area contributed by atoms with Crippen LogP contribution < -0.4 is 0 Å². The molecule has 1 fully saturated rings. The molecule has 0 aliphatic heterocycles. The van der Waals surface area contributed by atoms with E-state index in [1.165, 1.54) is 16.7 Å². The highest BCUT2D eigenvalue weighted by molar-refractivity contribution is 7.08. The second kappa shape index (κ2) is 9.57. The molecule has 4 heteroatoms. The van der Waals surface area contributed by atoms with Crippen molar-refractivity contribution in [3.63, 3.8) is 0 Å². The van der Waals surface area contributed by atoms with Crippen LogP contribution in [0.1, 0.15) is 48.5 Å². The quantitative estimate of drug-likeness (QED) is 0.272. The summed E-state index contributed by atoms with van der Waals surface area (Å²) >= 11 is 1.72. The van der Waals surface area contributed by atoms with Crippen molar-refractivity contribution < 1.29 is 15.0 Å². The van der Waals surface area contributed by atoms with Crippen LogP contribution in [0, 0.1) is 0 Å². The topological polar surface area (TPSA) is 57.5 Å². The van der Waals surface area contributed by atoms with E-state index < -0.39 is 17.5 Å². The van der Waals surface area contributed by atoms with Crippen molar-refractivity contribution in [1.29, 1.82) is 0 Å². The van der Waals surface area contributed by atoms with Gasteiger partial charge in [-0.2, -0.15) is 11.3 Å². The number of hydrogen-bond donors (Lipinski definition) is 2. The molecule has 1 unspecified atom stereocenters. The summed E-state index contributed by atoms with van der Waals surface area (Å²) in [5.74, 6) is -0.717. The van der Waals surface area contributed by atoms with Crippen LogP contribution in [0.25, 0.3) is 22.3 Å². The number of carbonyl (C=O) groups is 1. The Balaban J connectivity index is 1.24. The van der Waals surface area contributed by atoms with Crippen LogP contribution >= 0.6 is 11.3 Å². The van der Waals surface area contributed by atoms with Crippen LogP contribution in [0.4, 0.5) is 0 Å². The lowest BCUT2D eigenvalue weighted by atomic mass is 9.93. The van der Waals surface area contributed by atoms with Crippen molar-refractivity contribution in [3.05, 3.63) is 106 Å². The first kappa shape index (κ1) is 22.6. The Morgan fingerprint density at radius 1 is 0.853 bits per heavy atom. The fraction of sp³-hybridized carbons (Fsp3) is 0.233. The van der Waals surface area contributed by atoms with Crippen LogP contribution in [-0.4, -0.2) is 16.2 Å². The monoisotopic (exact) mass is 468 g/mol. The van der Waals surface area contributed by atoms with Gasteiger partial charge in [-0.05, 0) is 81.8 Å². The Morgan fingerprint density at radius 2 is 1.47 bits per heavy atom. The minimum atomic E-state index is -0.717. The standard InChI is InChI=1S/C30H28O3S/c31-28(24-5-2-1-3-6-24)8-4-7-25-19-34-20-27(25)23-11-9-21(10-12-23)22-13-15-26(16-14-22)30(17-18-30)29(32)33/h1-3,5-6,9-16,19-20,28,31H,4,7-8,17-18H2,(H,32,33). The molecule has 4 aromatic rings. The van der Waals surface area contributed by atoms with Crippen molar-refractivity contribution in [2.24, 2.45) is 0 Å². The van der Waals surface area contributed by atoms with E-state index in [0.717, 1.165) is 54.4 Å². The molecule has 1 aliphatic rings. The number of thiophene rings is 1. The Kier molecular flexibility index (Phi) is 6.36. The molecule has 0 bridgehead atoms. The number of aliphatic hydroxyl groups is 1. The normalized spacial score (nSPS) is 15.1. The highest BCUT2D eigenvalue weighted by Gasteiger charge is 2.51. The predicted octanol–water partition coefficient (Wildman–Crippen LogP) is 7.25. The second-order valence-electron chi connectivity index (χ2n) is 9.17. The summed E-state index contributed by atoms with van der Waals surface area (Å²) in [5.41, 5.74) is 7.23. The van der Waals surface area contributed by atoms with Gasteiger partial charge in [0, 0.05) is 0 Å². The number of rotatable bonds is 9. The van der Waals surface area contributed by atoms with Crippen LogP contribution in [-0.2, 0) is 16.6 Å². The van der Waals surface area contributed by atoms with E-state index in [4.69, 9.17) is 0 Å². The largest absolute Gasteiger partial charge is 0.481 e. The lowest BCUT2D eigenvalue weighted by Gasteiger charge is -2.12. The van der Waals surface area contributed by atoms with E-state index in [1.54, 1.807) is 11.3 Å². The molecule has 1 aliphatic carbocycles. The number of carboxylic acids is 1. The Labute approximate surface area is 204 Å². The summed E-state index contributed by atoms with van der Waals surface area (Å²) < 4.78 is 0. The van der Waals surface area contributed by atoms with E-state index >= 15 is 0 Å². The first-order valence-electron chi connectivity index (χ1n) is 11.8. The van der Waals surface area contributed by atoms with Gasteiger partial charge in [-0.1, -0.05) is 78.9 Å². The van der Waals surface area contributed by atoms with E-state index in [9.17, 15) is 15.0 Å². The van der Waals surface area contributed by atoms with Crippen molar-refractivity contribution in [2.75, 3.05) is 0 Å². The van der Waals surface area contributed by atoms with Gasteiger partial charge < -0.3 is 10.2 Å². The number of benzene rings is 3. The Bertz CT molecular complexity index is 1250. The third kappa shape index (κ3) is 4.56. The molecule has 3 aromatic carbocycles. The SMILES string of the molecule is O=C(O)C1(c2ccc(-c3ccc(-c4cscc4CCCC(O)c4ccccc4)cc3)cc2)CC1. The number of aliphatic carboxylic acids is 1. The third-order valence-corrected chi connectivity index (χ3v) is 7.77. The molecule has 1 atom stereocenters. The van der Waals surface area contributed by atoms with Crippen molar-refractivity contribution in [3.8, 4) is 22.3 Å². The second-order valence-corrected chi connectivity index (χ2v) is 9.91.